The van der Waals surface area contributed by atoms with Gasteiger partial charge in [0.15, 0.2) is 0 Å². The highest BCUT2D eigenvalue weighted by Crippen LogP contribution is 2.28. The number of aryl methyl sites for hydroxylation is 1. The quantitative estimate of drug-likeness (QED) is 0.920. The first kappa shape index (κ1) is 12.6. The van der Waals surface area contributed by atoms with Gasteiger partial charge in [0, 0.05) is 10.4 Å². The molecule has 2 rings (SSSR count). The summed E-state index contributed by atoms with van der Waals surface area (Å²) < 4.78 is 5.36. The lowest BCUT2D eigenvalue weighted by Crippen LogP contribution is -1.94. The van der Waals surface area contributed by atoms with E-state index in [9.17, 15) is 4.79 Å². The molecule has 94 valence electrons. The fraction of sp³-hybridized carbons (Fsp3) is 0.231. The Morgan fingerprint density at radius 3 is 2.56 bits per heavy atom. The van der Waals surface area contributed by atoms with Crippen molar-refractivity contribution in [1.29, 1.82) is 0 Å². The average Bonchev–Trinajstić information content (AvgIpc) is 2.73. The first-order valence-electron chi connectivity index (χ1n) is 5.55. The van der Waals surface area contributed by atoms with E-state index in [4.69, 9.17) is 9.84 Å². The Hall–Kier alpha value is -1.88. The molecule has 0 saturated carbocycles. The van der Waals surface area contributed by atoms with E-state index in [1.165, 1.54) is 11.3 Å². The molecular weight excluding hydrogens is 250 g/mol. The van der Waals surface area contributed by atoms with E-state index in [1.807, 2.05) is 38.1 Å². The number of hydrogen-bond donors (Lipinski definition) is 1. The van der Waals surface area contributed by atoms with Gasteiger partial charge in [-0.25, -0.2) is 9.78 Å². The number of ether oxygens (including phenoxy) is 1. The summed E-state index contributed by atoms with van der Waals surface area (Å²) in [6, 6.07) is 7.49. The average molecular weight is 263 g/mol. The highest BCUT2D eigenvalue weighted by atomic mass is 32.1. The lowest BCUT2D eigenvalue weighted by Gasteiger charge is -2.03. The van der Waals surface area contributed by atoms with Crippen molar-refractivity contribution in [2.45, 2.75) is 13.8 Å². The van der Waals surface area contributed by atoms with Crippen LogP contribution in [0.4, 0.5) is 0 Å². The summed E-state index contributed by atoms with van der Waals surface area (Å²) in [6.07, 6.45) is 0. The number of carboxylic acid groups (broad SMARTS) is 1. The number of thiazole rings is 1. The normalized spacial score (nSPS) is 10.3. The molecule has 0 unspecified atom stereocenters. The van der Waals surface area contributed by atoms with Gasteiger partial charge in [-0.15, -0.1) is 11.3 Å². The predicted octanol–water partition coefficient (Wildman–Crippen LogP) is 3.22. The van der Waals surface area contributed by atoms with Gasteiger partial charge in [-0.1, -0.05) is 0 Å². The van der Waals surface area contributed by atoms with Crippen LogP contribution in [-0.4, -0.2) is 22.7 Å². The van der Waals surface area contributed by atoms with E-state index in [-0.39, 0.29) is 5.01 Å². The fourth-order valence-electron chi connectivity index (χ4n) is 1.63. The number of carbonyl (C=O) groups is 1. The molecule has 2 aromatic rings. The Bertz CT molecular complexity index is 560. The van der Waals surface area contributed by atoms with Crippen molar-refractivity contribution in [2.24, 2.45) is 0 Å². The number of rotatable bonds is 4. The summed E-state index contributed by atoms with van der Waals surface area (Å²) in [6.45, 7) is 4.42. The van der Waals surface area contributed by atoms with Crippen LogP contribution in [-0.2, 0) is 0 Å². The summed E-state index contributed by atoms with van der Waals surface area (Å²) in [5, 5.41) is 9.03. The minimum Gasteiger partial charge on any atom is -0.494 e. The van der Waals surface area contributed by atoms with Crippen molar-refractivity contribution in [3.05, 3.63) is 34.2 Å². The Kier molecular flexibility index (Phi) is 3.62. The molecule has 4 nitrogen and oxygen atoms in total. The van der Waals surface area contributed by atoms with Gasteiger partial charge >= 0.3 is 5.97 Å². The molecule has 0 amide bonds. The first-order valence-corrected chi connectivity index (χ1v) is 6.37. The van der Waals surface area contributed by atoms with E-state index >= 15 is 0 Å². The Morgan fingerprint density at radius 2 is 2.06 bits per heavy atom. The van der Waals surface area contributed by atoms with Crippen LogP contribution in [0.25, 0.3) is 11.3 Å². The summed E-state index contributed by atoms with van der Waals surface area (Å²) in [5.74, 6) is -0.187. The summed E-state index contributed by atoms with van der Waals surface area (Å²) in [7, 11) is 0. The van der Waals surface area contributed by atoms with Crippen molar-refractivity contribution in [3.63, 3.8) is 0 Å². The SMILES string of the molecule is CCOc1ccc(-c2nc(C(=O)O)sc2C)cc1. The van der Waals surface area contributed by atoms with Gasteiger partial charge in [0.1, 0.15) is 5.75 Å². The summed E-state index contributed by atoms with van der Waals surface area (Å²) in [4.78, 5) is 15.9. The highest BCUT2D eigenvalue weighted by molar-refractivity contribution is 7.13. The third-order valence-electron chi connectivity index (χ3n) is 2.42. The molecule has 1 heterocycles. The number of aromatic carboxylic acids is 1. The summed E-state index contributed by atoms with van der Waals surface area (Å²) in [5.41, 5.74) is 1.63. The largest absolute Gasteiger partial charge is 0.494 e. The minimum atomic E-state index is -0.986. The standard InChI is InChI=1S/C13H13NO3S/c1-3-17-10-6-4-9(5-7-10)11-8(2)18-12(14-11)13(15)16/h4-7H,3H2,1-2H3,(H,15,16). The molecule has 1 N–H and O–H groups in total. The number of hydrogen-bond acceptors (Lipinski definition) is 4. The Balaban J connectivity index is 2.33. The van der Waals surface area contributed by atoms with Crippen LogP contribution < -0.4 is 4.74 Å². The van der Waals surface area contributed by atoms with Crippen molar-refractivity contribution in [3.8, 4) is 17.0 Å². The van der Waals surface area contributed by atoms with Gasteiger partial charge in [0.25, 0.3) is 0 Å². The van der Waals surface area contributed by atoms with E-state index in [2.05, 4.69) is 4.98 Å². The molecule has 0 aliphatic carbocycles. The maximum Gasteiger partial charge on any atom is 0.365 e. The van der Waals surface area contributed by atoms with Gasteiger partial charge in [-0.2, -0.15) is 0 Å². The van der Waals surface area contributed by atoms with Crippen molar-refractivity contribution in [1.82, 2.24) is 4.98 Å². The molecule has 0 fully saturated rings. The molecular formula is C13H13NO3S. The van der Waals surface area contributed by atoms with Crippen LogP contribution in [0.2, 0.25) is 0 Å². The van der Waals surface area contributed by atoms with Gasteiger partial charge in [-0.3, -0.25) is 0 Å². The Labute approximate surface area is 109 Å². The molecule has 0 spiro atoms. The third kappa shape index (κ3) is 2.51. The highest BCUT2D eigenvalue weighted by Gasteiger charge is 2.14. The zero-order valence-electron chi connectivity index (χ0n) is 10.1. The molecule has 1 aromatic carbocycles. The number of benzene rings is 1. The van der Waals surface area contributed by atoms with Crippen molar-refractivity contribution in [2.75, 3.05) is 6.61 Å². The maximum absolute atomic E-state index is 10.9. The van der Waals surface area contributed by atoms with E-state index in [0.717, 1.165) is 21.9 Å². The number of aromatic nitrogens is 1. The second-order valence-corrected chi connectivity index (χ2v) is 4.89. The summed E-state index contributed by atoms with van der Waals surface area (Å²) >= 11 is 1.19. The van der Waals surface area contributed by atoms with Gasteiger partial charge in [0.2, 0.25) is 5.01 Å². The predicted molar refractivity (Wildman–Crippen MR) is 70.4 cm³/mol. The molecule has 0 radical (unpaired) electrons. The van der Waals surface area contributed by atoms with Crippen LogP contribution in [0.5, 0.6) is 5.75 Å². The molecule has 5 heteroatoms. The monoisotopic (exact) mass is 263 g/mol. The lowest BCUT2D eigenvalue weighted by molar-refractivity contribution is 0.0696. The van der Waals surface area contributed by atoms with Crippen LogP contribution in [0, 0.1) is 6.92 Å². The maximum atomic E-state index is 10.9. The third-order valence-corrected chi connectivity index (χ3v) is 3.38. The molecule has 0 bridgehead atoms. The van der Waals surface area contributed by atoms with Crippen molar-refractivity contribution < 1.29 is 14.6 Å². The molecule has 0 atom stereocenters. The van der Waals surface area contributed by atoms with Crippen LogP contribution >= 0.6 is 11.3 Å². The van der Waals surface area contributed by atoms with E-state index < -0.39 is 5.97 Å². The molecule has 0 saturated heterocycles. The van der Waals surface area contributed by atoms with Crippen LogP contribution in [0.1, 0.15) is 21.6 Å². The minimum absolute atomic E-state index is 0.122. The zero-order chi connectivity index (χ0) is 13.1. The number of carboxylic acids is 1. The van der Waals surface area contributed by atoms with Gasteiger partial charge in [-0.05, 0) is 38.1 Å². The van der Waals surface area contributed by atoms with Gasteiger partial charge < -0.3 is 9.84 Å². The smallest absolute Gasteiger partial charge is 0.365 e. The van der Waals surface area contributed by atoms with Gasteiger partial charge in [0.05, 0.1) is 12.3 Å². The number of nitrogens with zero attached hydrogens (tertiary/aromatic N) is 1. The zero-order valence-corrected chi connectivity index (χ0v) is 11.0. The second kappa shape index (κ2) is 5.18. The molecule has 18 heavy (non-hydrogen) atoms. The van der Waals surface area contributed by atoms with E-state index in [0.29, 0.717) is 6.61 Å². The topological polar surface area (TPSA) is 59.4 Å². The molecule has 1 aromatic heterocycles. The van der Waals surface area contributed by atoms with Crippen molar-refractivity contribution >= 4 is 17.3 Å². The Morgan fingerprint density at radius 1 is 1.39 bits per heavy atom. The van der Waals surface area contributed by atoms with Crippen LogP contribution in [0.15, 0.2) is 24.3 Å². The van der Waals surface area contributed by atoms with Crippen LogP contribution in [0.3, 0.4) is 0 Å². The second-order valence-electron chi connectivity index (χ2n) is 3.69. The lowest BCUT2D eigenvalue weighted by atomic mass is 10.1. The molecule has 0 aliphatic rings. The fourth-order valence-corrected chi connectivity index (χ4v) is 2.41. The molecule has 0 aliphatic heterocycles. The first-order chi connectivity index (χ1) is 8.61. The van der Waals surface area contributed by atoms with E-state index in [1.54, 1.807) is 0 Å².